The van der Waals surface area contributed by atoms with Gasteiger partial charge in [-0.1, -0.05) is 18.2 Å². The molecular weight excluding hydrogens is 334 g/mol. The number of nitrogens with one attached hydrogen (secondary N) is 1. The van der Waals surface area contributed by atoms with Crippen molar-refractivity contribution in [1.29, 1.82) is 0 Å². The van der Waals surface area contributed by atoms with Gasteiger partial charge in [0.15, 0.2) is 5.65 Å². The zero-order chi connectivity index (χ0) is 17.9. The Morgan fingerprint density at radius 2 is 2.00 bits per heavy atom. The van der Waals surface area contributed by atoms with Crippen LogP contribution in [0.1, 0.15) is 5.76 Å². The molecule has 0 bridgehead atoms. The van der Waals surface area contributed by atoms with Crippen molar-refractivity contribution in [3.05, 3.63) is 77.4 Å². The molecule has 26 heavy (non-hydrogen) atoms. The first-order valence-electron chi connectivity index (χ1n) is 8.00. The van der Waals surface area contributed by atoms with Crippen LogP contribution in [0.3, 0.4) is 0 Å². The van der Waals surface area contributed by atoms with Crippen molar-refractivity contribution in [2.75, 3.05) is 0 Å². The van der Waals surface area contributed by atoms with Crippen LogP contribution in [0.2, 0.25) is 0 Å². The zero-order valence-electron chi connectivity index (χ0n) is 13.7. The average Bonchev–Trinajstić information content (AvgIpc) is 3.33. The van der Waals surface area contributed by atoms with Crippen LogP contribution in [0.5, 0.6) is 0 Å². The van der Waals surface area contributed by atoms with E-state index >= 15 is 0 Å². The summed E-state index contributed by atoms with van der Waals surface area (Å²) in [4.78, 5) is 29.0. The lowest BCUT2D eigenvalue weighted by atomic mass is 10.3. The van der Waals surface area contributed by atoms with Crippen LogP contribution in [-0.4, -0.2) is 25.2 Å². The van der Waals surface area contributed by atoms with Crippen molar-refractivity contribution < 1.29 is 9.21 Å². The molecule has 3 heterocycles. The van der Waals surface area contributed by atoms with Gasteiger partial charge in [0.05, 0.1) is 24.7 Å². The Kier molecular flexibility index (Phi) is 4.06. The molecule has 4 aromatic rings. The van der Waals surface area contributed by atoms with E-state index in [-0.39, 0.29) is 24.6 Å². The number of amides is 1. The molecular formula is C18H15N5O3. The second-order valence-electron chi connectivity index (χ2n) is 5.66. The maximum atomic E-state index is 12.6. The van der Waals surface area contributed by atoms with Gasteiger partial charge >= 0.3 is 0 Å². The summed E-state index contributed by atoms with van der Waals surface area (Å²) >= 11 is 0. The first-order valence-corrected chi connectivity index (χ1v) is 8.00. The van der Waals surface area contributed by atoms with E-state index < -0.39 is 0 Å². The summed E-state index contributed by atoms with van der Waals surface area (Å²) in [5.41, 5.74) is 0.946. The fraction of sp³-hybridized carbons (Fsp3) is 0.111. The molecule has 0 atom stereocenters. The standard InChI is InChI=1S/C18H15N5O3/c24-16(19-9-14-7-4-8-26-14)11-22-12-20-17-15(18(22)25)10-21-23(17)13-5-2-1-3-6-13/h1-8,10,12H,9,11H2,(H,19,24). The van der Waals surface area contributed by atoms with Gasteiger partial charge in [-0.25, -0.2) is 9.67 Å². The molecule has 130 valence electrons. The largest absolute Gasteiger partial charge is 0.467 e. The highest BCUT2D eigenvalue weighted by Gasteiger charge is 2.13. The molecule has 0 aliphatic heterocycles. The Balaban J connectivity index is 1.56. The van der Waals surface area contributed by atoms with Crippen LogP contribution in [-0.2, 0) is 17.9 Å². The average molecular weight is 349 g/mol. The van der Waals surface area contributed by atoms with E-state index in [9.17, 15) is 9.59 Å². The number of rotatable bonds is 5. The molecule has 0 spiro atoms. The van der Waals surface area contributed by atoms with Crippen LogP contribution in [0, 0.1) is 0 Å². The Morgan fingerprint density at radius 3 is 2.77 bits per heavy atom. The maximum absolute atomic E-state index is 12.6. The summed E-state index contributed by atoms with van der Waals surface area (Å²) in [5.74, 6) is 0.337. The smallest absolute Gasteiger partial charge is 0.264 e. The van der Waals surface area contributed by atoms with Crippen molar-refractivity contribution in [3.8, 4) is 5.69 Å². The molecule has 0 fully saturated rings. The van der Waals surface area contributed by atoms with E-state index in [1.54, 1.807) is 16.8 Å². The number of aromatic nitrogens is 4. The van der Waals surface area contributed by atoms with E-state index in [1.807, 2.05) is 30.3 Å². The van der Waals surface area contributed by atoms with E-state index in [1.165, 1.54) is 23.4 Å². The molecule has 0 saturated carbocycles. The number of nitrogens with zero attached hydrogens (tertiary/aromatic N) is 4. The molecule has 8 heteroatoms. The van der Waals surface area contributed by atoms with Crippen LogP contribution in [0.25, 0.3) is 16.7 Å². The van der Waals surface area contributed by atoms with Gasteiger partial charge in [-0.3, -0.25) is 14.2 Å². The first-order chi connectivity index (χ1) is 12.7. The molecule has 0 aliphatic rings. The minimum absolute atomic E-state index is 0.126. The number of fused-ring (bicyclic) bond motifs is 1. The number of carbonyl (C=O) groups is 1. The second-order valence-corrected chi connectivity index (χ2v) is 5.66. The minimum Gasteiger partial charge on any atom is -0.467 e. The lowest BCUT2D eigenvalue weighted by molar-refractivity contribution is -0.122. The summed E-state index contributed by atoms with van der Waals surface area (Å²) in [7, 11) is 0. The Bertz CT molecular complexity index is 1100. The van der Waals surface area contributed by atoms with E-state index in [0.29, 0.717) is 16.8 Å². The number of para-hydroxylation sites is 1. The molecule has 0 radical (unpaired) electrons. The van der Waals surface area contributed by atoms with Crippen molar-refractivity contribution in [3.63, 3.8) is 0 Å². The summed E-state index contributed by atoms with van der Waals surface area (Å²) in [6.07, 6.45) is 4.36. The monoisotopic (exact) mass is 349 g/mol. The third kappa shape index (κ3) is 3.00. The van der Waals surface area contributed by atoms with Crippen molar-refractivity contribution in [2.45, 2.75) is 13.1 Å². The topological polar surface area (TPSA) is 95.0 Å². The number of hydrogen-bond acceptors (Lipinski definition) is 5. The van der Waals surface area contributed by atoms with Gasteiger partial charge in [-0.05, 0) is 24.3 Å². The van der Waals surface area contributed by atoms with Gasteiger partial charge in [0.2, 0.25) is 5.91 Å². The van der Waals surface area contributed by atoms with Crippen molar-refractivity contribution >= 4 is 16.9 Å². The molecule has 1 amide bonds. The fourth-order valence-corrected chi connectivity index (χ4v) is 2.63. The highest BCUT2D eigenvalue weighted by molar-refractivity contribution is 5.77. The molecule has 3 aromatic heterocycles. The second kappa shape index (κ2) is 6.67. The third-order valence-electron chi connectivity index (χ3n) is 3.91. The third-order valence-corrected chi connectivity index (χ3v) is 3.91. The van der Waals surface area contributed by atoms with E-state index in [2.05, 4.69) is 15.4 Å². The highest BCUT2D eigenvalue weighted by Crippen LogP contribution is 2.12. The molecule has 4 rings (SSSR count). The predicted octanol–water partition coefficient (Wildman–Crippen LogP) is 1.49. The fourth-order valence-electron chi connectivity index (χ4n) is 2.63. The van der Waals surface area contributed by atoms with Crippen LogP contribution >= 0.6 is 0 Å². The summed E-state index contributed by atoms with van der Waals surface area (Å²) < 4.78 is 8.01. The SMILES string of the molecule is O=C(Cn1cnc2c(cnn2-c2ccccc2)c1=O)NCc1ccco1. The summed E-state index contributed by atoms with van der Waals surface area (Å²) in [5, 5.41) is 7.30. The lowest BCUT2D eigenvalue weighted by Crippen LogP contribution is -2.32. The highest BCUT2D eigenvalue weighted by atomic mass is 16.3. The minimum atomic E-state index is -0.315. The number of carbonyl (C=O) groups excluding carboxylic acids is 1. The Hall–Kier alpha value is -3.68. The van der Waals surface area contributed by atoms with Crippen LogP contribution in [0.4, 0.5) is 0 Å². The molecule has 0 aliphatic carbocycles. The van der Waals surface area contributed by atoms with E-state index in [0.717, 1.165) is 5.69 Å². The maximum Gasteiger partial charge on any atom is 0.264 e. The van der Waals surface area contributed by atoms with Gasteiger partial charge < -0.3 is 9.73 Å². The van der Waals surface area contributed by atoms with E-state index in [4.69, 9.17) is 4.42 Å². The molecule has 0 unspecified atom stereocenters. The zero-order valence-corrected chi connectivity index (χ0v) is 13.7. The predicted molar refractivity (Wildman–Crippen MR) is 93.7 cm³/mol. The molecule has 1 aromatic carbocycles. The first kappa shape index (κ1) is 15.8. The van der Waals surface area contributed by atoms with Crippen LogP contribution in [0.15, 0.2) is 70.5 Å². The Morgan fingerprint density at radius 1 is 1.15 bits per heavy atom. The van der Waals surface area contributed by atoms with Gasteiger partial charge in [-0.15, -0.1) is 0 Å². The van der Waals surface area contributed by atoms with Crippen LogP contribution < -0.4 is 10.9 Å². The molecule has 8 nitrogen and oxygen atoms in total. The van der Waals surface area contributed by atoms with Crippen molar-refractivity contribution in [2.24, 2.45) is 0 Å². The van der Waals surface area contributed by atoms with Crippen molar-refractivity contribution in [1.82, 2.24) is 24.6 Å². The normalized spacial score (nSPS) is 10.9. The number of benzene rings is 1. The van der Waals surface area contributed by atoms with Gasteiger partial charge in [0, 0.05) is 0 Å². The Labute approximate surface area is 147 Å². The molecule has 1 N–H and O–H groups in total. The summed E-state index contributed by atoms with van der Waals surface area (Å²) in [6.45, 7) is 0.140. The van der Waals surface area contributed by atoms with Gasteiger partial charge in [0.25, 0.3) is 5.56 Å². The van der Waals surface area contributed by atoms with Gasteiger partial charge in [-0.2, -0.15) is 5.10 Å². The number of furan rings is 1. The lowest BCUT2D eigenvalue weighted by Gasteiger charge is -2.07. The summed E-state index contributed by atoms with van der Waals surface area (Å²) in [6, 6.07) is 12.9. The molecule has 0 saturated heterocycles. The number of hydrogen-bond donors (Lipinski definition) is 1. The quantitative estimate of drug-likeness (QED) is 0.589. The van der Waals surface area contributed by atoms with Gasteiger partial charge in [0.1, 0.15) is 24.0 Å².